The quantitative estimate of drug-likeness (QED) is 0.685. The minimum Gasteiger partial charge on any atom is -0.459 e. The largest absolute Gasteiger partial charge is 0.459 e. The van der Waals surface area contributed by atoms with Crippen molar-refractivity contribution < 1.29 is 9.21 Å². The van der Waals surface area contributed by atoms with Gasteiger partial charge in [-0.25, -0.2) is 0 Å². The zero-order valence-corrected chi connectivity index (χ0v) is 12.9. The molecule has 0 unspecified atom stereocenters. The minimum atomic E-state index is -0.0743. The highest BCUT2D eigenvalue weighted by molar-refractivity contribution is 5.91. The number of amides is 1. The molecule has 3 nitrogen and oxygen atoms in total. The van der Waals surface area contributed by atoms with E-state index in [0.717, 1.165) is 12.0 Å². The molecule has 0 aliphatic rings. The highest BCUT2D eigenvalue weighted by atomic mass is 16.3. The maximum atomic E-state index is 12.7. The summed E-state index contributed by atoms with van der Waals surface area (Å²) < 4.78 is 5.27. The molecule has 1 amide bonds. The van der Waals surface area contributed by atoms with E-state index in [1.54, 1.807) is 12.1 Å². The van der Waals surface area contributed by atoms with Crippen LogP contribution < -0.4 is 0 Å². The summed E-state index contributed by atoms with van der Waals surface area (Å²) in [5.41, 5.74) is 2.33. The molecule has 0 fully saturated rings. The molecular weight excluding hydrogens is 286 g/mol. The molecule has 3 heteroatoms. The van der Waals surface area contributed by atoms with Crippen molar-refractivity contribution in [3.8, 4) is 0 Å². The van der Waals surface area contributed by atoms with Gasteiger partial charge in [0.15, 0.2) is 5.76 Å². The van der Waals surface area contributed by atoms with Crippen LogP contribution in [0.5, 0.6) is 0 Å². The molecule has 116 valence electrons. The Morgan fingerprint density at radius 1 is 0.826 bits per heavy atom. The summed E-state index contributed by atoms with van der Waals surface area (Å²) in [5, 5.41) is 0. The van der Waals surface area contributed by atoms with Crippen LogP contribution in [-0.4, -0.2) is 17.4 Å². The van der Waals surface area contributed by atoms with Crippen molar-refractivity contribution >= 4 is 5.91 Å². The highest BCUT2D eigenvalue weighted by Crippen LogP contribution is 2.12. The third kappa shape index (κ3) is 4.10. The van der Waals surface area contributed by atoms with Gasteiger partial charge in [0.1, 0.15) is 0 Å². The Balaban J connectivity index is 1.74. The van der Waals surface area contributed by atoms with E-state index in [2.05, 4.69) is 12.1 Å². The average molecular weight is 305 g/mol. The Morgan fingerprint density at radius 2 is 1.48 bits per heavy atom. The first-order valence-corrected chi connectivity index (χ1v) is 7.73. The first kappa shape index (κ1) is 15.1. The second-order valence-electron chi connectivity index (χ2n) is 5.43. The van der Waals surface area contributed by atoms with Crippen molar-refractivity contribution in [1.82, 2.24) is 4.90 Å². The molecule has 2 aromatic carbocycles. The molecule has 3 rings (SSSR count). The van der Waals surface area contributed by atoms with Gasteiger partial charge in [-0.3, -0.25) is 4.79 Å². The van der Waals surface area contributed by atoms with E-state index in [-0.39, 0.29) is 5.91 Å². The van der Waals surface area contributed by atoms with Gasteiger partial charge in [-0.05, 0) is 29.7 Å². The van der Waals surface area contributed by atoms with Gasteiger partial charge in [0.2, 0.25) is 0 Å². The highest BCUT2D eigenvalue weighted by Gasteiger charge is 2.18. The number of nitrogens with zero attached hydrogens (tertiary/aromatic N) is 1. The molecule has 0 radical (unpaired) electrons. The van der Waals surface area contributed by atoms with Crippen LogP contribution in [0, 0.1) is 0 Å². The van der Waals surface area contributed by atoms with Crippen LogP contribution in [0.1, 0.15) is 21.7 Å². The van der Waals surface area contributed by atoms with Gasteiger partial charge in [-0.15, -0.1) is 0 Å². The molecule has 1 aromatic heterocycles. The minimum absolute atomic E-state index is 0.0743. The maximum absolute atomic E-state index is 12.7. The van der Waals surface area contributed by atoms with Gasteiger partial charge in [-0.2, -0.15) is 0 Å². The predicted molar refractivity (Wildman–Crippen MR) is 90.0 cm³/mol. The molecule has 0 aliphatic heterocycles. The van der Waals surface area contributed by atoms with Crippen molar-refractivity contribution in [1.29, 1.82) is 0 Å². The van der Waals surface area contributed by atoms with E-state index in [9.17, 15) is 4.79 Å². The molecule has 0 aliphatic carbocycles. The van der Waals surface area contributed by atoms with Gasteiger partial charge >= 0.3 is 0 Å². The van der Waals surface area contributed by atoms with Gasteiger partial charge < -0.3 is 9.32 Å². The number of carbonyl (C=O) groups excluding carboxylic acids is 1. The molecule has 0 saturated heterocycles. The number of hydrogen-bond acceptors (Lipinski definition) is 2. The van der Waals surface area contributed by atoms with E-state index in [4.69, 9.17) is 4.42 Å². The van der Waals surface area contributed by atoms with E-state index >= 15 is 0 Å². The Hall–Kier alpha value is -2.81. The zero-order valence-electron chi connectivity index (χ0n) is 12.9. The van der Waals surface area contributed by atoms with Crippen LogP contribution in [0.2, 0.25) is 0 Å². The van der Waals surface area contributed by atoms with E-state index in [1.165, 1.54) is 11.8 Å². The fourth-order valence-electron chi connectivity index (χ4n) is 2.52. The van der Waals surface area contributed by atoms with Crippen LogP contribution in [0.3, 0.4) is 0 Å². The Labute approximate surface area is 136 Å². The first-order valence-electron chi connectivity index (χ1n) is 7.73. The summed E-state index contributed by atoms with van der Waals surface area (Å²) in [6.07, 6.45) is 2.35. The van der Waals surface area contributed by atoms with Crippen molar-refractivity contribution in [2.75, 3.05) is 6.54 Å². The molecule has 0 saturated carbocycles. The van der Waals surface area contributed by atoms with Crippen LogP contribution in [0.25, 0.3) is 0 Å². The topological polar surface area (TPSA) is 33.5 Å². The predicted octanol–water partition coefficient (Wildman–Crippen LogP) is 4.16. The van der Waals surface area contributed by atoms with Crippen molar-refractivity contribution in [3.63, 3.8) is 0 Å². The second kappa shape index (κ2) is 7.45. The summed E-state index contributed by atoms with van der Waals surface area (Å²) in [4.78, 5) is 14.5. The number of benzene rings is 2. The maximum Gasteiger partial charge on any atom is 0.289 e. The molecule has 0 atom stereocenters. The van der Waals surface area contributed by atoms with E-state index < -0.39 is 0 Å². The van der Waals surface area contributed by atoms with E-state index in [0.29, 0.717) is 18.8 Å². The molecule has 0 spiro atoms. The summed E-state index contributed by atoms with van der Waals surface area (Å²) in [6, 6.07) is 23.7. The lowest BCUT2D eigenvalue weighted by Gasteiger charge is -2.22. The molecule has 0 N–H and O–H groups in total. The lowest BCUT2D eigenvalue weighted by atomic mass is 10.1. The monoisotopic (exact) mass is 305 g/mol. The van der Waals surface area contributed by atoms with Crippen LogP contribution in [0.4, 0.5) is 0 Å². The first-order chi connectivity index (χ1) is 11.3. The molecule has 0 bridgehead atoms. The van der Waals surface area contributed by atoms with Crippen molar-refractivity contribution in [2.24, 2.45) is 0 Å². The molecule has 1 heterocycles. The number of rotatable bonds is 6. The lowest BCUT2D eigenvalue weighted by Crippen LogP contribution is -2.32. The standard InChI is InChI=1S/C20H19NO2/c22-20(19-12-7-15-23-19)21(16-18-10-5-2-6-11-18)14-13-17-8-3-1-4-9-17/h1-12,15H,13-14,16H2. The third-order valence-electron chi connectivity index (χ3n) is 3.75. The lowest BCUT2D eigenvalue weighted by molar-refractivity contribution is 0.0713. The number of carbonyl (C=O) groups is 1. The van der Waals surface area contributed by atoms with Gasteiger partial charge in [0, 0.05) is 13.1 Å². The van der Waals surface area contributed by atoms with E-state index in [1.807, 2.05) is 53.4 Å². The molecular formula is C20H19NO2. The Bertz CT molecular complexity index is 721. The summed E-state index contributed by atoms with van der Waals surface area (Å²) in [5.74, 6) is 0.309. The van der Waals surface area contributed by atoms with Gasteiger partial charge in [-0.1, -0.05) is 60.7 Å². The zero-order chi connectivity index (χ0) is 15.9. The summed E-state index contributed by atoms with van der Waals surface area (Å²) in [6.45, 7) is 1.23. The molecule has 23 heavy (non-hydrogen) atoms. The number of hydrogen-bond donors (Lipinski definition) is 0. The fraction of sp³-hybridized carbons (Fsp3) is 0.150. The third-order valence-corrected chi connectivity index (χ3v) is 3.75. The summed E-state index contributed by atoms with van der Waals surface area (Å²) in [7, 11) is 0. The second-order valence-corrected chi connectivity index (χ2v) is 5.43. The Kier molecular flexibility index (Phi) is 4.89. The van der Waals surface area contributed by atoms with Crippen LogP contribution in [0.15, 0.2) is 83.5 Å². The smallest absolute Gasteiger partial charge is 0.289 e. The SMILES string of the molecule is O=C(c1ccco1)N(CCc1ccccc1)Cc1ccccc1. The summed E-state index contributed by atoms with van der Waals surface area (Å²) >= 11 is 0. The van der Waals surface area contributed by atoms with Crippen molar-refractivity contribution in [2.45, 2.75) is 13.0 Å². The Morgan fingerprint density at radius 3 is 2.09 bits per heavy atom. The van der Waals surface area contributed by atoms with Gasteiger partial charge in [0.05, 0.1) is 6.26 Å². The molecule has 3 aromatic rings. The fourth-order valence-corrected chi connectivity index (χ4v) is 2.52. The van der Waals surface area contributed by atoms with Crippen LogP contribution in [-0.2, 0) is 13.0 Å². The number of furan rings is 1. The van der Waals surface area contributed by atoms with Gasteiger partial charge in [0.25, 0.3) is 5.91 Å². The average Bonchev–Trinajstić information content (AvgIpc) is 3.14. The van der Waals surface area contributed by atoms with Crippen molar-refractivity contribution in [3.05, 3.63) is 95.9 Å². The normalized spacial score (nSPS) is 10.4. The van der Waals surface area contributed by atoms with Crippen LogP contribution >= 0.6 is 0 Å².